The lowest BCUT2D eigenvalue weighted by molar-refractivity contribution is 0.415. The Kier molecular flexibility index (Phi) is 6.24. The normalized spacial score (nSPS) is 12.8. The van der Waals surface area contributed by atoms with Crippen molar-refractivity contribution in [1.82, 2.24) is 9.97 Å². The van der Waals surface area contributed by atoms with Gasteiger partial charge in [-0.2, -0.15) is 4.98 Å². The molecule has 0 amide bonds. The number of anilines is 2. The van der Waals surface area contributed by atoms with Gasteiger partial charge in [-0.25, -0.2) is 4.98 Å². The molecule has 1 rings (SSSR count). The lowest BCUT2D eigenvalue weighted by Crippen LogP contribution is -2.20. The molecule has 0 fully saturated rings. The Labute approximate surface area is 123 Å². The molecule has 0 bridgehead atoms. The van der Waals surface area contributed by atoms with E-state index >= 15 is 0 Å². The van der Waals surface area contributed by atoms with E-state index in [2.05, 4.69) is 37.7 Å². The maximum absolute atomic E-state index is 6.12. The Morgan fingerprint density at radius 3 is 2.35 bits per heavy atom. The first-order valence-electron chi connectivity index (χ1n) is 7.69. The van der Waals surface area contributed by atoms with Crippen molar-refractivity contribution < 1.29 is 0 Å². The van der Waals surface area contributed by atoms with Gasteiger partial charge in [-0.3, -0.25) is 0 Å². The fourth-order valence-electron chi connectivity index (χ4n) is 2.54. The van der Waals surface area contributed by atoms with Crippen LogP contribution in [0.4, 0.5) is 11.8 Å². The molecule has 0 saturated carbocycles. The van der Waals surface area contributed by atoms with Crippen LogP contribution in [-0.2, 0) is 6.42 Å². The highest BCUT2D eigenvalue weighted by atomic mass is 15.2. The Balaban J connectivity index is 2.76. The first-order chi connectivity index (χ1) is 9.35. The summed E-state index contributed by atoms with van der Waals surface area (Å²) in [5, 5.41) is 0. The number of hydrogen-bond donors (Lipinski definition) is 1. The lowest BCUT2D eigenvalue weighted by Gasteiger charge is -2.18. The molecule has 0 aliphatic heterocycles. The summed E-state index contributed by atoms with van der Waals surface area (Å²) in [6.45, 7) is 11.8. The molecule has 114 valence electrons. The molecule has 0 spiro atoms. The van der Waals surface area contributed by atoms with Crippen LogP contribution in [0.3, 0.4) is 0 Å². The standard InChI is InChI=1S/C16H30N4/c1-7-20(6)16-18-13(5)14(15(17)19-16)9-8-12(4)10-11(2)3/h11-12H,7-10H2,1-6H3,(H2,17,18,19). The number of nitrogens with two attached hydrogens (primary N) is 1. The number of nitrogens with zero attached hydrogens (tertiary/aromatic N) is 3. The summed E-state index contributed by atoms with van der Waals surface area (Å²) in [5.74, 6) is 2.83. The molecule has 1 heterocycles. The molecule has 0 aromatic carbocycles. The van der Waals surface area contributed by atoms with E-state index in [4.69, 9.17) is 5.73 Å². The summed E-state index contributed by atoms with van der Waals surface area (Å²) >= 11 is 0. The first kappa shape index (κ1) is 16.7. The second kappa shape index (κ2) is 7.46. The van der Waals surface area contributed by atoms with E-state index < -0.39 is 0 Å². The van der Waals surface area contributed by atoms with E-state index in [9.17, 15) is 0 Å². The molecule has 1 unspecified atom stereocenters. The van der Waals surface area contributed by atoms with Crippen LogP contribution in [0.1, 0.15) is 51.8 Å². The van der Waals surface area contributed by atoms with Crippen molar-refractivity contribution in [3.63, 3.8) is 0 Å². The SMILES string of the molecule is CCN(C)c1nc(C)c(CCC(C)CC(C)C)c(N)n1. The molecule has 0 aliphatic carbocycles. The number of hydrogen-bond acceptors (Lipinski definition) is 4. The monoisotopic (exact) mass is 278 g/mol. The Morgan fingerprint density at radius 2 is 1.85 bits per heavy atom. The second-order valence-electron chi connectivity index (χ2n) is 6.26. The third-order valence-corrected chi connectivity index (χ3v) is 3.81. The van der Waals surface area contributed by atoms with Crippen molar-refractivity contribution in [2.24, 2.45) is 11.8 Å². The van der Waals surface area contributed by atoms with Gasteiger partial charge in [0.15, 0.2) is 0 Å². The molecule has 1 aromatic heterocycles. The molecule has 20 heavy (non-hydrogen) atoms. The highest BCUT2D eigenvalue weighted by Crippen LogP contribution is 2.22. The van der Waals surface area contributed by atoms with Crippen LogP contribution in [0.2, 0.25) is 0 Å². The fourth-order valence-corrected chi connectivity index (χ4v) is 2.54. The van der Waals surface area contributed by atoms with Gasteiger partial charge in [0.1, 0.15) is 5.82 Å². The predicted octanol–water partition coefficient (Wildman–Crippen LogP) is 3.44. The number of aromatic nitrogens is 2. The summed E-state index contributed by atoms with van der Waals surface area (Å²) in [7, 11) is 1.98. The zero-order valence-corrected chi connectivity index (χ0v) is 13.9. The van der Waals surface area contributed by atoms with Crippen LogP contribution in [0.25, 0.3) is 0 Å². The summed E-state index contributed by atoms with van der Waals surface area (Å²) in [6, 6.07) is 0. The van der Waals surface area contributed by atoms with Gasteiger partial charge in [-0.1, -0.05) is 20.8 Å². The van der Waals surface area contributed by atoms with Gasteiger partial charge >= 0.3 is 0 Å². The maximum Gasteiger partial charge on any atom is 0.227 e. The Morgan fingerprint density at radius 1 is 1.20 bits per heavy atom. The minimum Gasteiger partial charge on any atom is -0.383 e. The van der Waals surface area contributed by atoms with E-state index in [1.54, 1.807) is 0 Å². The van der Waals surface area contributed by atoms with Crippen LogP contribution in [-0.4, -0.2) is 23.6 Å². The molecule has 0 radical (unpaired) electrons. The highest BCUT2D eigenvalue weighted by molar-refractivity contribution is 5.47. The summed E-state index contributed by atoms with van der Waals surface area (Å²) < 4.78 is 0. The smallest absolute Gasteiger partial charge is 0.227 e. The highest BCUT2D eigenvalue weighted by Gasteiger charge is 2.13. The molecular formula is C16H30N4. The van der Waals surface area contributed by atoms with Crippen LogP contribution >= 0.6 is 0 Å². The van der Waals surface area contributed by atoms with E-state index in [1.165, 1.54) is 6.42 Å². The molecule has 0 aliphatic rings. The minimum atomic E-state index is 0.643. The van der Waals surface area contributed by atoms with Crippen molar-refractivity contribution in [2.75, 3.05) is 24.2 Å². The van der Waals surface area contributed by atoms with Crippen molar-refractivity contribution in [3.05, 3.63) is 11.3 Å². The van der Waals surface area contributed by atoms with Crippen molar-refractivity contribution in [1.29, 1.82) is 0 Å². The average Bonchev–Trinajstić information content (AvgIpc) is 2.35. The molecule has 1 aromatic rings. The van der Waals surface area contributed by atoms with Gasteiger partial charge in [0.25, 0.3) is 0 Å². The lowest BCUT2D eigenvalue weighted by atomic mass is 9.93. The Hall–Kier alpha value is -1.32. The van der Waals surface area contributed by atoms with Gasteiger partial charge < -0.3 is 10.6 Å². The molecule has 1 atom stereocenters. The Bertz CT molecular complexity index is 405. The van der Waals surface area contributed by atoms with E-state index in [0.717, 1.165) is 42.5 Å². The van der Waals surface area contributed by atoms with Crippen LogP contribution < -0.4 is 10.6 Å². The minimum absolute atomic E-state index is 0.643. The zero-order chi connectivity index (χ0) is 15.3. The molecule has 4 nitrogen and oxygen atoms in total. The quantitative estimate of drug-likeness (QED) is 0.830. The maximum atomic E-state index is 6.12. The van der Waals surface area contributed by atoms with Gasteiger partial charge in [0.2, 0.25) is 5.95 Å². The number of rotatable bonds is 7. The van der Waals surface area contributed by atoms with Crippen molar-refractivity contribution >= 4 is 11.8 Å². The van der Waals surface area contributed by atoms with Gasteiger partial charge in [-0.05, 0) is 44.9 Å². The predicted molar refractivity (Wildman–Crippen MR) is 87.1 cm³/mol. The van der Waals surface area contributed by atoms with Crippen LogP contribution in [0.15, 0.2) is 0 Å². The zero-order valence-electron chi connectivity index (χ0n) is 13.9. The average molecular weight is 278 g/mol. The first-order valence-corrected chi connectivity index (χ1v) is 7.69. The number of aryl methyl sites for hydroxylation is 1. The van der Waals surface area contributed by atoms with E-state index in [0.29, 0.717) is 11.7 Å². The topological polar surface area (TPSA) is 55.0 Å². The third kappa shape index (κ3) is 4.66. The van der Waals surface area contributed by atoms with Crippen molar-refractivity contribution in [2.45, 2.75) is 53.9 Å². The van der Waals surface area contributed by atoms with E-state index in [1.807, 2.05) is 18.9 Å². The van der Waals surface area contributed by atoms with Crippen LogP contribution in [0, 0.1) is 18.8 Å². The third-order valence-electron chi connectivity index (χ3n) is 3.81. The van der Waals surface area contributed by atoms with Gasteiger partial charge in [-0.15, -0.1) is 0 Å². The van der Waals surface area contributed by atoms with E-state index in [-0.39, 0.29) is 0 Å². The summed E-state index contributed by atoms with van der Waals surface area (Å²) in [4.78, 5) is 11.0. The number of nitrogen functional groups attached to an aromatic ring is 1. The van der Waals surface area contributed by atoms with Gasteiger partial charge in [0.05, 0.1) is 0 Å². The largest absolute Gasteiger partial charge is 0.383 e. The molecule has 0 saturated heterocycles. The second-order valence-corrected chi connectivity index (χ2v) is 6.26. The fraction of sp³-hybridized carbons (Fsp3) is 0.750. The van der Waals surface area contributed by atoms with Crippen LogP contribution in [0.5, 0.6) is 0 Å². The van der Waals surface area contributed by atoms with Crippen molar-refractivity contribution in [3.8, 4) is 0 Å². The van der Waals surface area contributed by atoms with Gasteiger partial charge in [0, 0.05) is 24.8 Å². The molecular weight excluding hydrogens is 248 g/mol. The molecule has 4 heteroatoms. The molecule has 2 N–H and O–H groups in total. The summed E-state index contributed by atoms with van der Waals surface area (Å²) in [5.41, 5.74) is 8.26. The summed E-state index contributed by atoms with van der Waals surface area (Å²) in [6.07, 6.45) is 3.38.